The number of H-pyrrole nitrogens is 1. The Morgan fingerprint density at radius 2 is 2.23 bits per heavy atom. The number of nitrogens with two attached hydrogens (primary N) is 1. The van der Waals surface area contributed by atoms with Crippen molar-refractivity contribution in [3.63, 3.8) is 0 Å². The molecule has 3 N–H and O–H groups in total. The predicted octanol–water partition coefficient (Wildman–Crippen LogP) is 1.66. The van der Waals surface area contributed by atoms with Crippen LogP contribution in [0.3, 0.4) is 0 Å². The van der Waals surface area contributed by atoms with E-state index in [1.165, 1.54) is 5.56 Å². The summed E-state index contributed by atoms with van der Waals surface area (Å²) in [6.45, 7) is 4.25. The molecule has 2 heterocycles. The summed E-state index contributed by atoms with van der Waals surface area (Å²) < 4.78 is 0. The zero-order valence-electron chi connectivity index (χ0n) is 7.70. The molecule has 0 spiro atoms. The van der Waals surface area contributed by atoms with Crippen molar-refractivity contribution >= 4 is 16.9 Å². The maximum atomic E-state index is 5.69. The molecule has 0 saturated carbocycles. The van der Waals surface area contributed by atoms with Gasteiger partial charge in [0.1, 0.15) is 5.82 Å². The van der Waals surface area contributed by atoms with E-state index in [1.54, 1.807) is 0 Å². The molecule has 0 unspecified atom stereocenters. The highest BCUT2D eigenvalue weighted by Gasteiger charge is 2.06. The highest BCUT2D eigenvalue weighted by molar-refractivity contribution is 5.86. The third kappa shape index (κ3) is 1.24. The zero-order valence-corrected chi connectivity index (χ0v) is 7.70. The molecule has 0 radical (unpaired) electrons. The van der Waals surface area contributed by atoms with E-state index in [0.29, 0.717) is 17.4 Å². The van der Waals surface area contributed by atoms with Crippen LogP contribution in [-0.4, -0.2) is 15.2 Å². The van der Waals surface area contributed by atoms with Gasteiger partial charge in [-0.25, -0.2) is 4.98 Å². The van der Waals surface area contributed by atoms with Gasteiger partial charge in [-0.2, -0.15) is 5.10 Å². The molecule has 0 aliphatic rings. The summed E-state index contributed by atoms with van der Waals surface area (Å²) in [6.07, 6.45) is 1.84. The maximum Gasteiger partial charge on any atom is 0.183 e. The Morgan fingerprint density at radius 1 is 1.46 bits per heavy atom. The molecule has 0 fully saturated rings. The second kappa shape index (κ2) is 2.73. The highest BCUT2D eigenvalue weighted by atomic mass is 15.2. The molecule has 2 aromatic rings. The number of aromatic nitrogens is 3. The van der Waals surface area contributed by atoms with E-state index in [2.05, 4.69) is 29.0 Å². The van der Waals surface area contributed by atoms with Crippen molar-refractivity contribution in [2.24, 2.45) is 0 Å². The van der Waals surface area contributed by atoms with Crippen molar-refractivity contribution < 1.29 is 0 Å². The van der Waals surface area contributed by atoms with Crippen LogP contribution in [0.1, 0.15) is 25.3 Å². The van der Waals surface area contributed by atoms with Gasteiger partial charge >= 0.3 is 0 Å². The Labute approximate surface area is 76.2 Å². The first kappa shape index (κ1) is 8.04. The molecule has 4 heteroatoms. The van der Waals surface area contributed by atoms with Gasteiger partial charge in [0.05, 0.1) is 5.39 Å². The Balaban J connectivity index is 2.66. The first-order valence-corrected chi connectivity index (χ1v) is 4.28. The lowest BCUT2D eigenvalue weighted by atomic mass is 10.1. The van der Waals surface area contributed by atoms with E-state index in [1.807, 2.05) is 12.3 Å². The fraction of sp³-hybridized carbons (Fsp3) is 0.333. The van der Waals surface area contributed by atoms with E-state index >= 15 is 0 Å². The lowest BCUT2D eigenvalue weighted by Crippen LogP contribution is -1.90. The second-order valence-corrected chi connectivity index (χ2v) is 3.43. The normalized spacial score (nSPS) is 11.3. The van der Waals surface area contributed by atoms with Gasteiger partial charge in [0, 0.05) is 6.20 Å². The van der Waals surface area contributed by atoms with Gasteiger partial charge in [0.15, 0.2) is 5.65 Å². The lowest BCUT2D eigenvalue weighted by Gasteiger charge is -2.03. The standard InChI is InChI=1S/C9H12N4/c1-5(2)6-3-7-8(10)12-13-9(7)11-4-6/h3-5H,1-2H3,(H3,10,11,12,13). The van der Waals surface area contributed by atoms with Crippen LogP contribution in [0.5, 0.6) is 0 Å². The van der Waals surface area contributed by atoms with E-state index in [-0.39, 0.29) is 0 Å². The van der Waals surface area contributed by atoms with Gasteiger partial charge in [0.2, 0.25) is 0 Å². The molecule has 0 bridgehead atoms. The summed E-state index contributed by atoms with van der Waals surface area (Å²) >= 11 is 0. The fourth-order valence-electron chi connectivity index (χ4n) is 1.25. The van der Waals surface area contributed by atoms with Crippen LogP contribution in [0, 0.1) is 0 Å². The molecule has 0 aliphatic carbocycles. The molecule has 2 rings (SSSR count). The van der Waals surface area contributed by atoms with Crippen molar-refractivity contribution in [3.8, 4) is 0 Å². The molecule has 0 aromatic carbocycles. The minimum absolute atomic E-state index is 0.464. The topological polar surface area (TPSA) is 67.6 Å². The maximum absolute atomic E-state index is 5.69. The highest BCUT2D eigenvalue weighted by Crippen LogP contribution is 2.21. The summed E-state index contributed by atoms with van der Waals surface area (Å²) in [5, 5.41) is 7.57. The Bertz CT molecular complexity index is 430. The number of rotatable bonds is 1. The number of hydrogen-bond donors (Lipinski definition) is 2. The van der Waals surface area contributed by atoms with Crippen LogP contribution in [0.15, 0.2) is 12.3 Å². The Hall–Kier alpha value is -1.58. The van der Waals surface area contributed by atoms with Crippen LogP contribution >= 0.6 is 0 Å². The molecule has 0 aliphatic heterocycles. The number of nitrogens with zero attached hydrogens (tertiary/aromatic N) is 2. The number of fused-ring (bicyclic) bond motifs is 1. The smallest absolute Gasteiger partial charge is 0.183 e. The van der Waals surface area contributed by atoms with Crippen molar-refractivity contribution in [1.82, 2.24) is 15.2 Å². The van der Waals surface area contributed by atoms with Crippen molar-refractivity contribution in [2.75, 3.05) is 5.73 Å². The number of anilines is 1. The molecule has 4 nitrogen and oxygen atoms in total. The molecule has 2 aromatic heterocycles. The number of hydrogen-bond acceptors (Lipinski definition) is 3. The summed E-state index contributed by atoms with van der Waals surface area (Å²) in [5.41, 5.74) is 7.55. The average molecular weight is 176 g/mol. The third-order valence-corrected chi connectivity index (χ3v) is 2.13. The van der Waals surface area contributed by atoms with Gasteiger partial charge < -0.3 is 5.73 Å². The number of nitrogen functional groups attached to an aromatic ring is 1. The second-order valence-electron chi connectivity index (χ2n) is 3.43. The largest absolute Gasteiger partial charge is 0.384 e. The average Bonchev–Trinajstić information content (AvgIpc) is 2.47. The van der Waals surface area contributed by atoms with Crippen LogP contribution in [0.25, 0.3) is 11.0 Å². The SMILES string of the molecule is CC(C)c1cnc2n[nH]c(N)c2c1. The van der Waals surface area contributed by atoms with E-state index in [0.717, 1.165) is 5.39 Å². The number of nitrogens with one attached hydrogen (secondary N) is 1. The first-order valence-electron chi connectivity index (χ1n) is 4.28. The van der Waals surface area contributed by atoms with Gasteiger partial charge in [-0.3, -0.25) is 5.10 Å². The summed E-state index contributed by atoms with van der Waals surface area (Å²) in [4.78, 5) is 4.20. The van der Waals surface area contributed by atoms with Crippen molar-refractivity contribution in [1.29, 1.82) is 0 Å². The minimum Gasteiger partial charge on any atom is -0.384 e. The summed E-state index contributed by atoms with van der Waals surface area (Å²) in [7, 11) is 0. The zero-order chi connectivity index (χ0) is 9.42. The van der Waals surface area contributed by atoms with Crippen molar-refractivity contribution in [3.05, 3.63) is 17.8 Å². The van der Waals surface area contributed by atoms with E-state index in [4.69, 9.17) is 5.73 Å². The van der Waals surface area contributed by atoms with Crippen LogP contribution in [0.2, 0.25) is 0 Å². The van der Waals surface area contributed by atoms with Gasteiger partial charge in [-0.05, 0) is 17.5 Å². The summed E-state index contributed by atoms with van der Waals surface area (Å²) in [6, 6.07) is 2.03. The summed E-state index contributed by atoms with van der Waals surface area (Å²) in [5.74, 6) is 1.05. The number of aromatic amines is 1. The first-order chi connectivity index (χ1) is 6.18. The molecule has 0 amide bonds. The third-order valence-electron chi connectivity index (χ3n) is 2.13. The van der Waals surface area contributed by atoms with Gasteiger partial charge in [0.25, 0.3) is 0 Å². The minimum atomic E-state index is 0.464. The van der Waals surface area contributed by atoms with Crippen molar-refractivity contribution in [2.45, 2.75) is 19.8 Å². The quantitative estimate of drug-likeness (QED) is 0.694. The number of pyridine rings is 1. The monoisotopic (exact) mass is 176 g/mol. The molecule has 68 valence electrons. The molecule has 0 atom stereocenters. The Kier molecular flexibility index (Phi) is 1.69. The fourth-order valence-corrected chi connectivity index (χ4v) is 1.25. The predicted molar refractivity (Wildman–Crippen MR) is 52.4 cm³/mol. The van der Waals surface area contributed by atoms with E-state index < -0.39 is 0 Å². The Morgan fingerprint density at radius 3 is 2.92 bits per heavy atom. The molecular weight excluding hydrogens is 164 g/mol. The van der Waals surface area contributed by atoms with E-state index in [9.17, 15) is 0 Å². The van der Waals surface area contributed by atoms with Gasteiger partial charge in [-0.1, -0.05) is 13.8 Å². The molecule has 13 heavy (non-hydrogen) atoms. The van der Waals surface area contributed by atoms with Crippen LogP contribution in [-0.2, 0) is 0 Å². The lowest BCUT2D eigenvalue weighted by molar-refractivity contribution is 0.861. The molecule has 0 saturated heterocycles. The van der Waals surface area contributed by atoms with Gasteiger partial charge in [-0.15, -0.1) is 0 Å². The van der Waals surface area contributed by atoms with Crippen LogP contribution in [0.4, 0.5) is 5.82 Å². The molecular formula is C9H12N4. The van der Waals surface area contributed by atoms with Crippen LogP contribution < -0.4 is 5.73 Å².